The van der Waals surface area contributed by atoms with E-state index in [2.05, 4.69) is 0 Å². The summed E-state index contributed by atoms with van der Waals surface area (Å²) < 4.78 is 28.7. The fourth-order valence-electron chi connectivity index (χ4n) is 2.84. The lowest BCUT2D eigenvalue weighted by Crippen LogP contribution is -2.40. The number of hydrogen-bond acceptors (Lipinski definition) is 6. The first-order valence-corrected chi connectivity index (χ1v) is 6.36. The highest BCUT2D eigenvalue weighted by Crippen LogP contribution is 2.40. The second-order valence-corrected chi connectivity index (χ2v) is 6.00. The normalized spacial score (nSPS) is 49.5. The summed E-state index contributed by atoms with van der Waals surface area (Å²) >= 11 is 0. The van der Waals surface area contributed by atoms with E-state index >= 15 is 0 Å². The lowest BCUT2D eigenvalue weighted by Gasteiger charge is -2.26. The molecule has 3 fully saturated rings. The minimum atomic E-state index is -0.621. The van der Waals surface area contributed by atoms with Gasteiger partial charge in [0.05, 0.1) is 6.61 Å². The van der Waals surface area contributed by atoms with E-state index in [0.717, 1.165) is 0 Å². The van der Waals surface area contributed by atoms with Crippen LogP contribution in [0, 0.1) is 0 Å². The van der Waals surface area contributed by atoms with Gasteiger partial charge < -0.3 is 29.4 Å². The number of rotatable bonds is 1. The predicted octanol–water partition coefficient (Wildman–Crippen LogP) is 0.342. The van der Waals surface area contributed by atoms with Crippen LogP contribution in [0.15, 0.2) is 0 Å². The standard InChI is InChI=1S/C12H21NO5/c1-11(2)14-5-6(16-11)7-8-9(10(13)15-7)18-12(3,4)17-8/h6-10H,5,13H2,1-4H3/t6-,7-,8+,9+,10?/m1/s1. The number of hydrogen-bond donors (Lipinski definition) is 1. The smallest absolute Gasteiger partial charge is 0.164 e. The fourth-order valence-corrected chi connectivity index (χ4v) is 2.84. The van der Waals surface area contributed by atoms with Gasteiger partial charge >= 0.3 is 0 Å². The lowest BCUT2D eigenvalue weighted by atomic mass is 10.1. The Hall–Kier alpha value is -0.240. The SMILES string of the molecule is CC1(C)O[C@H]2[C@@H]([C@H]3COC(C)(C)O3)OC(N)[C@H]2O1. The Kier molecular flexibility index (Phi) is 2.75. The third-order valence-corrected chi connectivity index (χ3v) is 3.52. The molecule has 0 spiro atoms. The molecule has 6 heteroatoms. The van der Waals surface area contributed by atoms with Gasteiger partial charge in [-0.25, -0.2) is 0 Å². The van der Waals surface area contributed by atoms with Gasteiger partial charge in [0.2, 0.25) is 0 Å². The number of fused-ring (bicyclic) bond motifs is 1. The van der Waals surface area contributed by atoms with E-state index in [1.807, 2.05) is 27.7 Å². The van der Waals surface area contributed by atoms with Crippen LogP contribution < -0.4 is 5.73 Å². The maximum absolute atomic E-state index is 5.94. The fraction of sp³-hybridized carbons (Fsp3) is 1.00. The van der Waals surface area contributed by atoms with E-state index in [-0.39, 0.29) is 24.4 Å². The third kappa shape index (κ3) is 2.07. The lowest BCUT2D eigenvalue weighted by molar-refractivity contribution is -0.205. The van der Waals surface area contributed by atoms with Crippen molar-refractivity contribution >= 4 is 0 Å². The van der Waals surface area contributed by atoms with Gasteiger partial charge in [-0.3, -0.25) is 0 Å². The van der Waals surface area contributed by atoms with Gasteiger partial charge in [-0.15, -0.1) is 0 Å². The Labute approximate surface area is 107 Å². The van der Waals surface area contributed by atoms with Crippen LogP contribution in [0.4, 0.5) is 0 Å². The molecular formula is C12H21NO5. The van der Waals surface area contributed by atoms with Gasteiger partial charge in [-0.2, -0.15) is 0 Å². The predicted molar refractivity (Wildman–Crippen MR) is 61.6 cm³/mol. The molecule has 0 radical (unpaired) electrons. The number of ether oxygens (including phenoxy) is 5. The van der Waals surface area contributed by atoms with E-state index in [9.17, 15) is 0 Å². The highest BCUT2D eigenvalue weighted by molar-refractivity contribution is 5.00. The Morgan fingerprint density at radius 1 is 0.889 bits per heavy atom. The Bertz CT molecular complexity index is 345. The van der Waals surface area contributed by atoms with Crippen molar-refractivity contribution in [3.8, 4) is 0 Å². The molecule has 0 aromatic heterocycles. The zero-order valence-corrected chi connectivity index (χ0v) is 11.2. The van der Waals surface area contributed by atoms with Gasteiger partial charge in [0.1, 0.15) is 30.6 Å². The van der Waals surface area contributed by atoms with E-state index in [1.54, 1.807) is 0 Å². The minimum absolute atomic E-state index is 0.168. The molecule has 0 aliphatic carbocycles. The van der Waals surface area contributed by atoms with E-state index < -0.39 is 17.8 Å². The average molecular weight is 259 g/mol. The maximum atomic E-state index is 5.94. The van der Waals surface area contributed by atoms with Crippen molar-refractivity contribution in [3.05, 3.63) is 0 Å². The summed E-state index contributed by atoms with van der Waals surface area (Å²) in [5.74, 6) is -1.20. The van der Waals surface area contributed by atoms with Gasteiger partial charge in [0.15, 0.2) is 11.6 Å². The summed E-state index contributed by atoms with van der Waals surface area (Å²) in [6, 6.07) is 0. The van der Waals surface area contributed by atoms with Crippen LogP contribution in [0.5, 0.6) is 0 Å². The van der Waals surface area contributed by atoms with Crippen molar-refractivity contribution < 1.29 is 23.7 Å². The molecule has 0 saturated carbocycles. The van der Waals surface area contributed by atoms with Crippen LogP contribution in [0.1, 0.15) is 27.7 Å². The molecule has 3 aliphatic rings. The van der Waals surface area contributed by atoms with Crippen molar-refractivity contribution in [1.29, 1.82) is 0 Å². The molecule has 3 aliphatic heterocycles. The zero-order chi connectivity index (χ0) is 13.1. The molecule has 3 saturated heterocycles. The first kappa shape index (κ1) is 12.8. The molecule has 0 amide bonds. The molecule has 104 valence electrons. The van der Waals surface area contributed by atoms with Crippen LogP contribution in [0.3, 0.4) is 0 Å². The molecule has 3 rings (SSSR count). The molecule has 1 unspecified atom stereocenters. The van der Waals surface area contributed by atoms with Gasteiger partial charge in [-0.05, 0) is 27.7 Å². The van der Waals surface area contributed by atoms with Crippen LogP contribution in [0.2, 0.25) is 0 Å². The summed E-state index contributed by atoms with van der Waals surface area (Å²) in [4.78, 5) is 0. The van der Waals surface area contributed by atoms with Crippen molar-refractivity contribution in [2.75, 3.05) is 6.61 Å². The van der Waals surface area contributed by atoms with Crippen LogP contribution in [-0.2, 0) is 23.7 Å². The van der Waals surface area contributed by atoms with Crippen LogP contribution >= 0.6 is 0 Å². The van der Waals surface area contributed by atoms with Crippen molar-refractivity contribution in [1.82, 2.24) is 0 Å². The number of nitrogens with two attached hydrogens (primary N) is 1. The summed E-state index contributed by atoms with van der Waals surface area (Å²) in [6.07, 6.45) is -1.32. The summed E-state index contributed by atoms with van der Waals surface area (Å²) in [6.45, 7) is 8.01. The average Bonchev–Trinajstić information content (AvgIpc) is 2.81. The van der Waals surface area contributed by atoms with E-state index in [4.69, 9.17) is 29.4 Å². The van der Waals surface area contributed by atoms with Crippen LogP contribution in [-0.4, -0.2) is 48.8 Å². The summed E-state index contributed by atoms with van der Waals surface area (Å²) in [7, 11) is 0. The largest absolute Gasteiger partial charge is 0.352 e. The van der Waals surface area contributed by atoms with Gasteiger partial charge in [0.25, 0.3) is 0 Å². The first-order chi connectivity index (χ1) is 8.27. The molecule has 3 heterocycles. The molecule has 0 aromatic rings. The maximum Gasteiger partial charge on any atom is 0.164 e. The van der Waals surface area contributed by atoms with Crippen LogP contribution in [0.25, 0.3) is 0 Å². The Balaban J connectivity index is 1.75. The third-order valence-electron chi connectivity index (χ3n) is 3.52. The highest BCUT2D eigenvalue weighted by Gasteiger charge is 2.58. The minimum Gasteiger partial charge on any atom is -0.352 e. The molecule has 0 bridgehead atoms. The molecule has 6 nitrogen and oxygen atoms in total. The van der Waals surface area contributed by atoms with E-state index in [0.29, 0.717) is 6.61 Å². The van der Waals surface area contributed by atoms with Gasteiger partial charge in [-0.1, -0.05) is 0 Å². The van der Waals surface area contributed by atoms with E-state index in [1.165, 1.54) is 0 Å². The van der Waals surface area contributed by atoms with Gasteiger partial charge in [0, 0.05) is 0 Å². The topological polar surface area (TPSA) is 72.2 Å². The summed E-state index contributed by atoms with van der Waals surface area (Å²) in [5, 5.41) is 0. The molecular weight excluding hydrogens is 238 g/mol. The zero-order valence-electron chi connectivity index (χ0n) is 11.2. The molecule has 5 atom stereocenters. The molecule has 0 aromatic carbocycles. The quantitative estimate of drug-likeness (QED) is 0.732. The first-order valence-electron chi connectivity index (χ1n) is 6.36. The Morgan fingerprint density at radius 3 is 2.17 bits per heavy atom. The van der Waals surface area contributed by atoms with Crippen molar-refractivity contribution in [2.24, 2.45) is 5.73 Å². The Morgan fingerprint density at radius 2 is 1.56 bits per heavy atom. The highest BCUT2D eigenvalue weighted by atomic mass is 16.8. The van der Waals surface area contributed by atoms with Crippen molar-refractivity contribution in [3.63, 3.8) is 0 Å². The second-order valence-electron chi connectivity index (χ2n) is 6.00. The second kappa shape index (κ2) is 3.88. The summed E-state index contributed by atoms with van der Waals surface area (Å²) in [5.41, 5.74) is 5.94. The molecule has 18 heavy (non-hydrogen) atoms. The van der Waals surface area contributed by atoms with Crippen molar-refractivity contribution in [2.45, 2.75) is 69.9 Å². The monoisotopic (exact) mass is 259 g/mol. The molecule has 2 N–H and O–H groups in total.